The number of esters is 1. The van der Waals surface area contributed by atoms with Gasteiger partial charge in [-0.1, -0.05) is 60.7 Å². The fourth-order valence-corrected chi connectivity index (χ4v) is 3.57. The van der Waals surface area contributed by atoms with E-state index in [9.17, 15) is 13.2 Å². The second-order valence-electron chi connectivity index (χ2n) is 6.21. The average molecular weight is 411 g/mol. The number of methoxy groups -OCH3 is 1. The van der Waals surface area contributed by atoms with E-state index in [4.69, 9.17) is 4.74 Å². The second kappa shape index (κ2) is 9.36. The van der Waals surface area contributed by atoms with E-state index in [0.29, 0.717) is 5.75 Å². The molecular weight excluding hydrogens is 390 g/mol. The van der Waals surface area contributed by atoms with Crippen molar-refractivity contribution in [3.63, 3.8) is 0 Å². The molecule has 3 aromatic carbocycles. The highest BCUT2D eigenvalue weighted by Crippen LogP contribution is 2.28. The molecule has 0 saturated carbocycles. The first-order valence-electron chi connectivity index (χ1n) is 8.91. The molecule has 0 amide bonds. The first kappa shape index (κ1) is 20.6. The molecular formula is C22H21NO5S. The summed E-state index contributed by atoms with van der Waals surface area (Å²) in [5.41, 5.74) is 1.60. The van der Waals surface area contributed by atoms with E-state index >= 15 is 0 Å². The summed E-state index contributed by atoms with van der Waals surface area (Å²) in [6.07, 6.45) is 1.55. The van der Waals surface area contributed by atoms with Crippen LogP contribution in [0.3, 0.4) is 0 Å². The molecule has 0 bridgehead atoms. The largest absolute Gasteiger partial charge is 0.481 e. The van der Waals surface area contributed by atoms with Crippen molar-refractivity contribution in [3.05, 3.63) is 83.3 Å². The molecule has 0 spiro atoms. The molecule has 0 aliphatic rings. The molecule has 0 unspecified atom stereocenters. The number of hydrogen-bond donors (Lipinski definition) is 1. The van der Waals surface area contributed by atoms with Crippen molar-refractivity contribution < 1.29 is 22.7 Å². The summed E-state index contributed by atoms with van der Waals surface area (Å²) >= 11 is 0. The van der Waals surface area contributed by atoms with Crippen LogP contribution in [-0.4, -0.2) is 28.1 Å². The molecule has 0 aromatic heterocycles. The SMILES string of the molecule is COC(=O)COc1cccc2c(CNS(=O)(=O)C=Cc3ccccc3)cccc12. The Balaban J connectivity index is 1.76. The van der Waals surface area contributed by atoms with Crippen molar-refractivity contribution in [2.24, 2.45) is 0 Å². The molecule has 0 aliphatic heterocycles. The lowest BCUT2D eigenvalue weighted by Crippen LogP contribution is -2.20. The fourth-order valence-electron chi connectivity index (χ4n) is 2.78. The van der Waals surface area contributed by atoms with Gasteiger partial charge in [0.2, 0.25) is 10.0 Å². The Bertz CT molecular complexity index is 1120. The Kier molecular flexibility index (Phi) is 6.64. The zero-order chi connectivity index (χ0) is 20.7. The lowest BCUT2D eigenvalue weighted by Gasteiger charge is -2.11. The van der Waals surface area contributed by atoms with E-state index in [1.54, 1.807) is 18.2 Å². The molecule has 0 fully saturated rings. The van der Waals surface area contributed by atoms with E-state index in [1.807, 2.05) is 54.6 Å². The number of sulfonamides is 1. The maximum atomic E-state index is 12.3. The van der Waals surface area contributed by atoms with Gasteiger partial charge in [0.15, 0.2) is 6.61 Å². The van der Waals surface area contributed by atoms with Crippen molar-refractivity contribution in [1.29, 1.82) is 0 Å². The zero-order valence-electron chi connectivity index (χ0n) is 15.9. The van der Waals surface area contributed by atoms with Gasteiger partial charge in [0, 0.05) is 17.3 Å². The van der Waals surface area contributed by atoms with Gasteiger partial charge in [0.25, 0.3) is 0 Å². The Labute approximate surface area is 169 Å². The van der Waals surface area contributed by atoms with Gasteiger partial charge in [-0.15, -0.1) is 0 Å². The lowest BCUT2D eigenvalue weighted by molar-refractivity contribution is -0.142. The average Bonchev–Trinajstić information content (AvgIpc) is 2.75. The fraction of sp³-hybridized carbons (Fsp3) is 0.136. The van der Waals surface area contributed by atoms with Crippen molar-refractivity contribution in [2.45, 2.75) is 6.54 Å². The maximum absolute atomic E-state index is 12.3. The first-order chi connectivity index (χ1) is 14.0. The maximum Gasteiger partial charge on any atom is 0.343 e. The first-order valence-corrected chi connectivity index (χ1v) is 10.5. The van der Waals surface area contributed by atoms with Crippen molar-refractivity contribution >= 4 is 32.8 Å². The second-order valence-corrected chi connectivity index (χ2v) is 7.86. The van der Waals surface area contributed by atoms with E-state index in [2.05, 4.69) is 9.46 Å². The normalized spacial score (nSPS) is 11.6. The molecule has 3 rings (SSSR count). The van der Waals surface area contributed by atoms with Gasteiger partial charge >= 0.3 is 5.97 Å². The number of carbonyl (C=O) groups excluding carboxylic acids is 1. The van der Waals surface area contributed by atoms with Crippen molar-refractivity contribution in [2.75, 3.05) is 13.7 Å². The van der Waals surface area contributed by atoms with Crippen molar-refractivity contribution in [1.82, 2.24) is 4.72 Å². The minimum atomic E-state index is -3.60. The summed E-state index contributed by atoms with van der Waals surface area (Å²) in [4.78, 5) is 11.3. The monoisotopic (exact) mass is 411 g/mol. The molecule has 1 N–H and O–H groups in total. The molecule has 7 heteroatoms. The molecule has 150 valence electrons. The van der Waals surface area contributed by atoms with Gasteiger partial charge < -0.3 is 9.47 Å². The van der Waals surface area contributed by atoms with Crippen LogP contribution in [-0.2, 0) is 26.1 Å². The summed E-state index contributed by atoms with van der Waals surface area (Å²) in [5.74, 6) is 0.0534. The van der Waals surface area contributed by atoms with Crippen LogP contribution in [0.25, 0.3) is 16.8 Å². The standard InChI is InChI=1S/C22H21NO5S/c1-27-22(24)16-28-21-12-6-10-19-18(9-5-11-20(19)21)15-23-29(25,26)14-13-17-7-3-2-4-8-17/h2-14,23H,15-16H2,1H3. The third-order valence-corrected chi connectivity index (χ3v) is 5.29. The van der Waals surface area contributed by atoms with Crippen LogP contribution in [0, 0.1) is 0 Å². The van der Waals surface area contributed by atoms with E-state index in [1.165, 1.54) is 7.11 Å². The highest BCUT2D eigenvalue weighted by molar-refractivity contribution is 7.92. The lowest BCUT2D eigenvalue weighted by atomic mass is 10.0. The number of carbonyl (C=O) groups is 1. The molecule has 0 radical (unpaired) electrons. The summed E-state index contributed by atoms with van der Waals surface area (Å²) < 4.78 is 37.3. The minimum Gasteiger partial charge on any atom is -0.481 e. The number of nitrogens with one attached hydrogen (secondary N) is 1. The predicted molar refractivity (Wildman–Crippen MR) is 113 cm³/mol. The van der Waals surface area contributed by atoms with Crippen LogP contribution in [0.4, 0.5) is 0 Å². The predicted octanol–water partition coefficient (Wildman–Crippen LogP) is 3.48. The molecule has 29 heavy (non-hydrogen) atoms. The van der Waals surface area contributed by atoms with Crippen LogP contribution in [0.1, 0.15) is 11.1 Å². The molecule has 0 saturated heterocycles. The number of benzene rings is 3. The van der Waals surface area contributed by atoms with Gasteiger partial charge in [-0.05, 0) is 28.7 Å². The third-order valence-electron chi connectivity index (χ3n) is 4.25. The van der Waals surface area contributed by atoms with Crippen LogP contribution in [0.5, 0.6) is 5.75 Å². The minimum absolute atomic E-state index is 0.124. The molecule has 6 nitrogen and oxygen atoms in total. The number of rotatable bonds is 8. The summed E-state index contributed by atoms with van der Waals surface area (Å²) in [6, 6.07) is 20.1. The van der Waals surface area contributed by atoms with Crippen LogP contribution < -0.4 is 9.46 Å². The Morgan fingerprint density at radius 2 is 1.69 bits per heavy atom. The summed E-state index contributed by atoms with van der Waals surface area (Å²) in [5, 5.41) is 2.77. The Morgan fingerprint density at radius 3 is 2.45 bits per heavy atom. The van der Waals surface area contributed by atoms with E-state index in [0.717, 1.165) is 27.3 Å². The van der Waals surface area contributed by atoms with Gasteiger partial charge in [0.1, 0.15) is 5.75 Å². The van der Waals surface area contributed by atoms with Gasteiger partial charge in [-0.3, -0.25) is 0 Å². The highest BCUT2D eigenvalue weighted by Gasteiger charge is 2.10. The van der Waals surface area contributed by atoms with Crippen molar-refractivity contribution in [3.8, 4) is 5.75 Å². The summed E-state index contributed by atoms with van der Waals surface area (Å²) in [6.45, 7) is -0.0734. The molecule has 0 aliphatic carbocycles. The highest BCUT2D eigenvalue weighted by atomic mass is 32.2. The van der Waals surface area contributed by atoms with Crippen LogP contribution in [0.2, 0.25) is 0 Å². The van der Waals surface area contributed by atoms with Crippen LogP contribution >= 0.6 is 0 Å². The number of hydrogen-bond acceptors (Lipinski definition) is 5. The van der Waals surface area contributed by atoms with E-state index < -0.39 is 16.0 Å². The number of fused-ring (bicyclic) bond motifs is 1. The van der Waals surface area contributed by atoms with Crippen LogP contribution in [0.15, 0.2) is 72.1 Å². The molecule has 0 heterocycles. The number of ether oxygens (including phenoxy) is 2. The third kappa shape index (κ3) is 5.66. The molecule has 3 aromatic rings. The van der Waals surface area contributed by atoms with Gasteiger partial charge in [-0.25, -0.2) is 17.9 Å². The quantitative estimate of drug-likeness (QED) is 0.574. The molecule has 0 atom stereocenters. The topological polar surface area (TPSA) is 81.7 Å². The van der Waals surface area contributed by atoms with Gasteiger partial charge in [-0.2, -0.15) is 0 Å². The Morgan fingerprint density at radius 1 is 0.966 bits per heavy atom. The van der Waals surface area contributed by atoms with Gasteiger partial charge in [0.05, 0.1) is 7.11 Å². The zero-order valence-corrected chi connectivity index (χ0v) is 16.7. The Hall–Kier alpha value is -3.16. The smallest absolute Gasteiger partial charge is 0.343 e. The van der Waals surface area contributed by atoms with E-state index in [-0.39, 0.29) is 13.2 Å². The summed E-state index contributed by atoms with van der Waals surface area (Å²) in [7, 11) is -2.31.